The molecule has 0 aliphatic rings. The van der Waals surface area contributed by atoms with Crippen molar-refractivity contribution in [2.24, 2.45) is 0 Å². The number of nitrogens with zero attached hydrogens (tertiary/aromatic N) is 1. The highest BCUT2D eigenvalue weighted by molar-refractivity contribution is 7.12. The molecule has 2 heterocycles. The SMILES string of the molecule is O=C(/C=C/c1ccc(/C=C/C(=O)c2cccs2)cn1)NO. The molecule has 0 unspecified atom stereocenters. The number of thiophene rings is 1. The summed E-state index contributed by atoms with van der Waals surface area (Å²) < 4.78 is 0. The Bertz CT molecular complexity index is 673. The Labute approximate surface area is 125 Å². The fourth-order valence-electron chi connectivity index (χ4n) is 1.49. The summed E-state index contributed by atoms with van der Waals surface area (Å²) in [6.45, 7) is 0. The summed E-state index contributed by atoms with van der Waals surface area (Å²) in [5.74, 6) is -0.670. The zero-order chi connectivity index (χ0) is 15.1. The van der Waals surface area contributed by atoms with Gasteiger partial charge in [0, 0.05) is 12.3 Å². The van der Waals surface area contributed by atoms with Crippen molar-refractivity contribution in [1.29, 1.82) is 0 Å². The first-order chi connectivity index (χ1) is 10.2. The van der Waals surface area contributed by atoms with Crippen LogP contribution in [-0.4, -0.2) is 21.9 Å². The molecule has 2 rings (SSSR count). The quantitative estimate of drug-likeness (QED) is 0.385. The number of nitrogens with one attached hydrogen (secondary N) is 1. The normalized spacial score (nSPS) is 11.1. The summed E-state index contributed by atoms with van der Waals surface area (Å²) in [6, 6.07) is 7.09. The van der Waals surface area contributed by atoms with Crippen LogP contribution in [0.1, 0.15) is 20.9 Å². The Hall–Kier alpha value is -2.57. The molecular weight excluding hydrogens is 288 g/mol. The van der Waals surface area contributed by atoms with Crippen molar-refractivity contribution in [2.75, 3.05) is 0 Å². The van der Waals surface area contributed by atoms with Gasteiger partial charge in [0.2, 0.25) is 0 Å². The van der Waals surface area contributed by atoms with Crippen LogP contribution in [0.4, 0.5) is 0 Å². The molecule has 0 spiro atoms. The predicted octanol–water partition coefficient (Wildman–Crippen LogP) is 2.56. The summed E-state index contributed by atoms with van der Waals surface area (Å²) in [7, 11) is 0. The lowest BCUT2D eigenvalue weighted by atomic mass is 10.2. The fraction of sp³-hybridized carbons (Fsp3) is 0. The molecule has 2 N–H and O–H groups in total. The van der Waals surface area contributed by atoms with Crippen LogP contribution in [0.3, 0.4) is 0 Å². The molecular formula is C15H12N2O3S. The van der Waals surface area contributed by atoms with E-state index in [1.165, 1.54) is 29.0 Å². The molecule has 2 aromatic heterocycles. The van der Waals surface area contributed by atoms with E-state index in [1.807, 2.05) is 11.4 Å². The molecule has 2 aromatic rings. The van der Waals surface area contributed by atoms with Gasteiger partial charge in [-0.1, -0.05) is 12.1 Å². The maximum atomic E-state index is 11.8. The van der Waals surface area contributed by atoms with Crippen molar-refractivity contribution in [1.82, 2.24) is 10.5 Å². The van der Waals surface area contributed by atoms with Crippen LogP contribution in [0.2, 0.25) is 0 Å². The second kappa shape index (κ2) is 7.28. The number of hydroxylamine groups is 1. The fourth-order valence-corrected chi connectivity index (χ4v) is 2.13. The predicted molar refractivity (Wildman–Crippen MR) is 80.9 cm³/mol. The lowest BCUT2D eigenvalue weighted by Gasteiger charge is -1.95. The molecule has 0 bridgehead atoms. The minimum Gasteiger partial charge on any atom is -0.288 e. The topological polar surface area (TPSA) is 79.3 Å². The molecule has 0 saturated heterocycles. The highest BCUT2D eigenvalue weighted by Gasteiger charge is 2.01. The molecule has 0 atom stereocenters. The van der Waals surface area contributed by atoms with E-state index in [1.54, 1.807) is 30.5 Å². The highest BCUT2D eigenvalue weighted by Crippen LogP contribution is 2.11. The van der Waals surface area contributed by atoms with Crippen LogP contribution in [0.15, 0.2) is 48.0 Å². The number of rotatable bonds is 5. The minimum atomic E-state index is -0.623. The Morgan fingerprint density at radius 1 is 1.19 bits per heavy atom. The van der Waals surface area contributed by atoms with Gasteiger partial charge in [-0.15, -0.1) is 11.3 Å². The standard InChI is InChI=1S/C15H12N2O3S/c18-13(14-2-1-9-21-14)7-4-11-3-5-12(16-10-11)6-8-15(19)17-20/h1-10,20H,(H,17,19)/b7-4+,8-6+. The Morgan fingerprint density at radius 2 is 2.05 bits per heavy atom. The number of carbonyl (C=O) groups excluding carboxylic acids is 2. The van der Waals surface area contributed by atoms with Crippen molar-refractivity contribution < 1.29 is 14.8 Å². The average Bonchev–Trinajstić information content (AvgIpc) is 3.05. The van der Waals surface area contributed by atoms with Crippen LogP contribution in [0.5, 0.6) is 0 Å². The summed E-state index contributed by atoms with van der Waals surface area (Å²) in [4.78, 5) is 27.4. The van der Waals surface area contributed by atoms with E-state index in [9.17, 15) is 9.59 Å². The third-order valence-electron chi connectivity index (χ3n) is 2.52. The van der Waals surface area contributed by atoms with Gasteiger partial charge < -0.3 is 0 Å². The molecule has 0 aromatic carbocycles. The van der Waals surface area contributed by atoms with Crippen molar-refractivity contribution in [2.45, 2.75) is 0 Å². The molecule has 0 aliphatic carbocycles. The largest absolute Gasteiger partial charge is 0.288 e. The van der Waals surface area contributed by atoms with Gasteiger partial charge in [0.25, 0.3) is 5.91 Å². The van der Waals surface area contributed by atoms with Gasteiger partial charge in [-0.2, -0.15) is 0 Å². The number of hydrogen-bond donors (Lipinski definition) is 2. The summed E-state index contributed by atoms with van der Waals surface area (Å²) in [6.07, 6.45) is 7.41. The number of amides is 1. The van der Waals surface area contributed by atoms with E-state index in [0.29, 0.717) is 10.6 Å². The number of ketones is 1. The maximum Gasteiger partial charge on any atom is 0.267 e. The molecule has 5 nitrogen and oxygen atoms in total. The van der Waals surface area contributed by atoms with Gasteiger partial charge in [-0.05, 0) is 41.3 Å². The number of hydrogen-bond acceptors (Lipinski definition) is 5. The molecule has 0 saturated carbocycles. The molecule has 0 aliphatic heterocycles. The van der Waals surface area contributed by atoms with Crippen LogP contribution in [-0.2, 0) is 4.79 Å². The zero-order valence-corrected chi connectivity index (χ0v) is 11.7. The van der Waals surface area contributed by atoms with Crippen molar-refractivity contribution >= 4 is 35.2 Å². The van der Waals surface area contributed by atoms with Crippen molar-refractivity contribution in [3.8, 4) is 0 Å². The maximum absolute atomic E-state index is 11.8. The smallest absolute Gasteiger partial charge is 0.267 e. The van der Waals surface area contributed by atoms with Gasteiger partial charge >= 0.3 is 0 Å². The first kappa shape index (κ1) is 14.8. The van der Waals surface area contributed by atoms with E-state index in [4.69, 9.17) is 5.21 Å². The zero-order valence-electron chi connectivity index (χ0n) is 10.9. The third kappa shape index (κ3) is 4.48. The molecule has 6 heteroatoms. The second-order valence-electron chi connectivity index (χ2n) is 4.00. The first-order valence-electron chi connectivity index (χ1n) is 6.03. The van der Waals surface area contributed by atoms with E-state index in [-0.39, 0.29) is 5.78 Å². The van der Waals surface area contributed by atoms with Gasteiger partial charge in [0.1, 0.15) is 0 Å². The molecule has 21 heavy (non-hydrogen) atoms. The lowest BCUT2D eigenvalue weighted by Crippen LogP contribution is -2.14. The molecule has 0 radical (unpaired) electrons. The number of pyridine rings is 1. The summed E-state index contributed by atoms with van der Waals surface area (Å²) in [5.41, 5.74) is 2.84. The Morgan fingerprint density at radius 3 is 2.67 bits per heavy atom. The third-order valence-corrected chi connectivity index (χ3v) is 3.40. The van der Waals surface area contributed by atoms with Crippen LogP contribution in [0, 0.1) is 0 Å². The average molecular weight is 300 g/mol. The second-order valence-corrected chi connectivity index (χ2v) is 4.95. The van der Waals surface area contributed by atoms with Gasteiger partial charge in [0.15, 0.2) is 5.78 Å². The van der Waals surface area contributed by atoms with E-state index >= 15 is 0 Å². The Kier molecular flexibility index (Phi) is 5.14. The summed E-state index contributed by atoms with van der Waals surface area (Å²) >= 11 is 1.40. The van der Waals surface area contributed by atoms with E-state index < -0.39 is 5.91 Å². The molecule has 1 amide bonds. The molecule has 0 fully saturated rings. The van der Waals surface area contributed by atoms with Crippen molar-refractivity contribution in [3.63, 3.8) is 0 Å². The van der Waals surface area contributed by atoms with Crippen LogP contribution >= 0.6 is 11.3 Å². The Balaban J connectivity index is 2.01. The monoisotopic (exact) mass is 300 g/mol. The van der Waals surface area contributed by atoms with Crippen molar-refractivity contribution in [3.05, 3.63) is 64.1 Å². The molecule has 106 valence electrons. The lowest BCUT2D eigenvalue weighted by molar-refractivity contribution is -0.124. The highest BCUT2D eigenvalue weighted by atomic mass is 32.1. The van der Waals surface area contributed by atoms with Crippen LogP contribution < -0.4 is 5.48 Å². The number of allylic oxidation sites excluding steroid dienone is 1. The minimum absolute atomic E-state index is 0.0476. The number of aromatic nitrogens is 1. The van der Waals surface area contributed by atoms with E-state index in [2.05, 4.69) is 4.98 Å². The summed E-state index contributed by atoms with van der Waals surface area (Å²) in [5, 5.41) is 10.2. The van der Waals surface area contributed by atoms with Gasteiger partial charge in [0.05, 0.1) is 10.6 Å². The number of carbonyl (C=O) groups is 2. The van der Waals surface area contributed by atoms with Crippen LogP contribution in [0.25, 0.3) is 12.2 Å². The van der Waals surface area contributed by atoms with Gasteiger partial charge in [-0.25, -0.2) is 5.48 Å². The van der Waals surface area contributed by atoms with E-state index in [0.717, 1.165) is 11.6 Å². The van der Waals surface area contributed by atoms with Gasteiger partial charge in [-0.3, -0.25) is 19.8 Å². The first-order valence-corrected chi connectivity index (χ1v) is 6.91.